The van der Waals surface area contributed by atoms with Crippen molar-refractivity contribution in [1.82, 2.24) is 14.5 Å². The molecule has 26 heavy (non-hydrogen) atoms. The lowest BCUT2D eigenvalue weighted by molar-refractivity contribution is -0.141. The number of nitrogens with zero attached hydrogens (tertiary/aromatic N) is 3. The number of aliphatic hydroxyl groups excluding tert-OH is 1. The van der Waals surface area contributed by atoms with Gasteiger partial charge in [-0.25, -0.2) is 9.78 Å². The number of hydrogen-bond acceptors (Lipinski definition) is 6. The van der Waals surface area contributed by atoms with Crippen LogP contribution in [0.5, 0.6) is 0 Å². The Bertz CT molecular complexity index is 911. The SMILES string of the molecule is CCOC(=O)/C(O)=C(/CN1CCCC1)c1nc2ccccc2c(=O)n1C. The predicted octanol–water partition coefficient (Wildman–Crippen LogP) is 1.86. The van der Waals surface area contributed by atoms with Crippen molar-refractivity contribution in [2.45, 2.75) is 19.8 Å². The smallest absolute Gasteiger partial charge is 0.373 e. The predicted molar refractivity (Wildman–Crippen MR) is 98.8 cm³/mol. The molecule has 7 heteroatoms. The molecule has 0 amide bonds. The first-order valence-corrected chi connectivity index (χ1v) is 8.80. The molecular weight excluding hydrogens is 334 g/mol. The molecule has 1 aromatic carbocycles. The summed E-state index contributed by atoms with van der Waals surface area (Å²) in [6, 6.07) is 7.04. The summed E-state index contributed by atoms with van der Waals surface area (Å²) in [6.45, 7) is 3.92. The van der Waals surface area contributed by atoms with Crippen LogP contribution in [-0.4, -0.2) is 51.8 Å². The van der Waals surface area contributed by atoms with Crippen LogP contribution in [0.2, 0.25) is 0 Å². The first-order valence-electron chi connectivity index (χ1n) is 8.80. The van der Waals surface area contributed by atoms with E-state index in [1.807, 2.05) is 0 Å². The maximum atomic E-state index is 12.7. The molecular formula is C19H23N3O4. The van der Waals surface area contributed by atoms with Gasteiger partial charge in [-0.15, -0.1) is 0 Å². The van der Waals surface area contributed by atoms with Crippen molar-refractivity contribution < 1.29 is 14.6 Å². The Balaban J connectivity index is 2.16. The molecule has 1 aliphatic heterocycles. The Hall–Kier alpha value is -2.67. The number of likely N-dealkylation sites (tertiary alicyclic amines) is 1. The molecule has 0 bridgehead atoms. The van der Waals surface area contributed by atoms with Crippen molar-refractivity contribution in [2.24, 2.45) is 7.05 Å². The van der Waals surface area contributed by atoms with Crippen molar-refractivity contribution in [3.8, 4) is 0 Å². The normalized spacial score (nSPS) is 15.9. The van der Waals surface area contributed by atoms with Crippen LogP contribution in [0.4, 0.5) is 0 Å². The molecule has 0 radical (unpaired) electrons. The standard InChI is InChI=1S/C19H23N3O4/c1-3-26-19(25)16(23)14(12-22-10-6-7-11-22)17-20-15-9-5-4-8-13(15)18(24)21(17)2/h4-5,8-9,23H,3,6-7,10-12H2,1-2H3/b16-14+. The van der Waals surface area contributed by atoms with E-state index in [1.54, 1.807) is 38.2 Å². The third-order valence-corrected chi connectivity index (χ3v) is 4.59. The Kier molecular flexibility index (Phi) is 5.37. The minimum absolute atomic E-state index is 0.157. The number of ether oxygens (including phenoxy) is 1. The molecule has 138 valence electrons. The van der Waals surface area contributed by atoms with Gasteiger partial charge in [-0.1, -0.05) is 12.1 Å². The number of esters is 1. The molecule has 1 N–H and O–H groups in total. The second-order valence-electron chi connectivity index (χ2n) is 6.35. The molecule has 0 unspecified atom stereocenters. The molecule has 2 heterocycles. The highest BCUT2D eigenvalue weighted by Gasteiger charge is 2.25. The van der Waals surface area contributed by atoms with Gasteiger partial charge in [0.15, 0.2) is 0 Å². The zero-order valence-electron chi connectivity index (χ0n) is 15.1. The van der Waals surface area contributed by atoms with Crippen LogP contribution in [0, 0.1) is 0 Å². The third kappa shape index (κ3) is 3.48. The number of rotatable bonds is 5. The molecule has 2 aromatic rings. The molecule has 1 saturated heterocycles. The van der Waals surface area contributed by atoms with Crippen LogP contribution in [0.15, 0.2) is 34.8 Å². The Morgan fingerprint density at radius 3 is 2.65 bits per heavy atom. The monoisotopic (exact) mass is 357 g/mol. The van der Waals surface area contributed by atoms with Gasteiger partial charge in [0, 0.05) is 13.6 Å². The number of para-hydroxylation sites is 1. The minimum atomic E-state index is -0.802. The van der Waals surface area contributed by atoms with Gasteiger partial charge in [0.2, 0.25) is 5.76 Å². The minimum Gasteiger partial charge on any atom is -0.502 e. The lowest BCUT2D eigenvalue weighted by Crippen LogP contribution is -2.28. The number of aliphatic hydroxyl groups is 1. The largest absolute Gasteiger partial charge is 0.502 e. The maximum Gasteiger partial charge on any atom is 0.373 e. The highest BCUT2D eigenvalue weighted by atomic mass is 16.5. The molecule has 1 fully saturated rings. The summed E-state index contributed by atoms with van der Waals surface area (Å²) in [5, 5.41) is 11.0. The van der Waals surface area contributed by atoms with Crippen LogP contribution in [0.3, 0.4) is 0 Å². The van der Waals surface area contributed by atoms with Gasteiger partial charge < -0.3 is 9.84 Å². The van der Waals surface area contributed by atoms with E-state index >= 15 is 0 Å². The number of benzene rings is 1. The van der Waals surface area contributed by atoms with Crippen molar-refractivity contribution in [3.05, 3.63) is 46.2 Å². The highest BCUT2D eigenvalue weighted by molar-refractivity contribution is 5.95. The Morgan fingerprint density at radius 2 is 1.96 bits per heavy atom. The lowest BCUT2D eigenvalue weighted by atomic mass is 10.1. The van der Waals surface area contributed by atoms with Gasteiger partial charge in [0.05, 0.1) is 23.1 Å². The Morgan fingerprint density at radius 1 is 1.27 bits per heavy atom. The van der Waals surface area contributed by atoms with E-state index in [9.17, 15) is 14.7 Å². The van der Waals surface area contributed by atoms with Gasteiger partial charge in [0.25, 0.3) is 5.56 Å². The third-order valence-electron chi connectivity index (χ3n) is 4.59. The first kappa shape index (κ1) is 18.1. The van der Waals surface area contributed by atoms with Gasteiger partial charge in [-0.05, 0) is 45.0 Å². The molecule has 0 saturated carbocycles. The highest BCUT2D eigenvalue weighted by Crippen LogP contribution is 2.21. The summed E-state index contributed by atoms with van der Waals surface area (Å²) in [6.07, 6.45) is 2.13. The first-order chi connectivity index (χ1) is 12.5. The van der Waals surface area contributed by atoms with Gasteiger partial charge in [-0.3, -0.25) is 14.3 Å². The number of aromatic nitrogens is 2. The van der Waals surface area contributed by atoms with E-state index in [0.717, 1.165) is 25.9 Å². The summed E-state index contributed by atoms with van der Waals surface area (Å²) in [7, 11) is 1.60. The molecule has 1 aliphatic rings. The zero-order valence-corrected chi connectivity index (χ0v) is 15.1. The van der Waals surface area contributed by atoms with E-state index < -0.39 is 11.7 Å². The van der Waals surface area contributed by atoms with Crippen molar-refractivity contribution >= 4 is 22.4 Å². The fourth-order valence-electron chi connectivity index (χ4n) is 3.23. The molecule has 7 nitrogen and oxygen atoms in total. The fourth-order valence-corrected chi connectivity index (χ4v) is 3.23. The van der Waals surface area contributed by atoms with E-state index in [1.165, 1.54) is 4.57 Å². The zero-order chi connectivity index (χ0) is 18.7. The quantitative estimate of drug-likeness (QED) is 0.499. The van der Waals surface area contributed by atoms with E-state index in [4.69, 9.17) is 4.74 Å². The van der Waals surface area contributed by atoms with Crippen LogP contribution in [0.1, 0.15) is 25.6 Å². The second-order valence-corrected chi connectivity index (χ2v) is 6.35. The Labute approximate surface area is 151 Å². The maximum absolute atomic E-state index is 12.7. The van der Waals surface area contributed by atoms with Crippen LogP contribution in [0.25, 0.3) is 16.5 Å². The number of hydrogen-bond donors (Lipinski definition) is 1. The van der Waals surface area contributed by atoms with Gasteiger partial charge >= 0.3 is 5.97 Å². The fraction of sp³-hybridized carbons (Fsp3) is 0.421. The number of fused-ring (bicyclic) bond motifs is 1. The van der Waals surface area contributed by atoms with Crippen LogP contribution in [-0.2, 0) is 16.6 Å². The molecule has 0 aliphatic carbocycles. The molecule has 0 spiro atoms. The number of carbonyl (C=O) groups is 1. The van der Waals surface area contributed by atoms with E-state index in [-0.39, 0.29) is 18.0 Å². The number of carbonyl (C=O) groups excluding carboxylic acids is 1. The summed E-state index contributed by atoms with van der Waals surface area (Å²) in [5.74, 6) is -1.01. The van der Waals surface area contributed by atoms with Crippen LogP contribution < -0.4 is 5.56 Å². The molecule has 0 atom stereocenters. The van der Waals surface area contributed by atoms with Crippen molar-refractivity contribution in [3.63, 3.8) is 0 Å². The van der Waals surface area contributed by atoms with E-state index in [0.29, 0.717) is 23.0 Å². The van der Waals surface area contributed by atoms with Gasteiger partial charge in [0.1, 0.15) is 5.82 Å². The lowest BCUT2D eigenvalue weighted by Gasteiger charge is -2.19. The van der Waals surface area contributed by atoms with Crippen LogP contribution >= 0.6 is 0 Å². The second kappa shape index (κ2) is 7.70. The summed E-state index contributed by atoms with van der Waals surface area (Å²) >= 11 is 0. The summed E-state index contributed by atoms with van der Waals surface area (Å²) in [4.78, 5) is 31.5. The van der Waals surface area contributed by atoms with E-state index in [2.05, 4.69) is 9.88 Å². The average molecular weight is 357 g/mol. The average Bonchev–Trinajstić information content (AvgIpc) is 3.16. The van der Waals surface area contributed by atoms with Gasteiger partial charge in [-0.2, -0.15) is 0 Å². The molecule has 3 rings (SSSR count). The summed E-state index contributed by atoms with van der Waals surface area (Å²) in [5.41, 5.74) is 0.623. The van der Waals surface area contributed by atoms with Crippen molar-refractivity contribution in [2.75, 3.05) is 26.2 Å². The summed E-state index contributed by atoms with van der Waals surface area (Å²) < 4.78 is 6.33. The molecule has 1 aromatic heterocycles. The topological polar surface area (TPSA) is 84.7 Å². The van der Waals surface area contributed by atoms with Crippen molar-refractivity contribution in [1.29, 1.82) is 0 Å².